The lowest BCUT2D eigenvalue weighted by Gasteiger charge is -2.06. The van der Waals surface area contributed by atoms with Crippen LogP contribution < -0.4 is 10.6 Å². The highest BCUT2D eigenvalue weighted by Gasteiger charge is 2.01. The van der Waals surface area contributed by atoms with Gasteiger partial charge in [-0.3, -0.25) is 4.79 Å². The molecule has 0 aromatic heterocycles. The van der Waals surface area contributed by atoms with Crippen molar-refractivity contribution in [3.63, 3.8) is 0 Å². The second kappa shape index (κ2) is 8.05. The van der Waals surface area contributed by atoms with E-state index in [0.717, 1.165) is 25.9 Å². The maximum absolute atomic E-state index is 11.2. The molecule has 0 aromatic rings. The van der Waals surface area contributed by atoms with Gasteiger partial charge in [-0.1, -0.05) is 13.8 Å². The minimum atomic E-state index is 0.185. The summed E-state index contributed by atoms with van der Waals surface area (Å²) in [7, 11) is 1.92. The van der Waals surface area contributed by atoms with Crippen molar-refractivity contribution in [3.05, 3.63) is 0 Å². The molecule has 0 aliphatic heterocycles. The van der Waals surface area contributed by atoms with Gasteiger partial charge in [0, 0.05) is 13.0 Å². The molecule has 3 heteroatoms. The van der Waals surface area contributed by atoms with Gasteiger partial charge < -0.3 is 10.6 Å². The third-order valence-electron chi connectivity index (χ3n) is 1.87. The fourth-order valence-corrected chi connectivity index (χ4v) is 1.00. The highest BCUT2D eigenvalue weighted by molar-refractivity contribution is 5.75. The maximum Gasteiger partial charge on any atom is 0.220 e. The molecule has 0 atom stereocenters. The molecule has 0 bridgehead atoms. The fraction of sp³-hybridized carbons (Fsp3) is 0.900. The summed E-state index contributed by atoms with van der Waals surface area (Å²) in [6, 6.07) is 0. The number of carbonyl (C=O) groups is 1. The number of amides is 1. The van der Waals surface area contributed by atoms with Gasteiger partial charge in [0.25, 0.3) is 0 Å². The third kappa shape index (κ3) is 9.34. The molecule has 78 valence electrons. The molecule has 13 heavy (non-hydrogen) atoms. The Kier molecular flexibility index (Phi) is 7.69. The molecule has 0 saturated carbocycles. The first-order valence-corrected chi connectivity index (χ1v) is 5.08. The zero-order chi connectivity index (χ0) is 10.1. The van der Waals surface area contributed by atoms with Crippen LogP contribution in [0.5, 0.6) is 0 Å². The topological polar surface area (TPSA) is 41.1 Å². The highest BCUT2D eigenvalue weighted by atomic mass is 16.1. The van der Waals surface area contributed by atoms with Crippen LogP contribution in [0.25, 0.3) is 0 Å². The van der Waals surface area contributed by atoms with Crippen LogP contribution in [0.3, 0.4) is 0 Å². The van der Waals surface area contributed by atoms with Crippen molar-refractivity contribution < 1.29 is 4.79 Å². The molecule has 0 radical (unpaired) electrons. The van der Waals surface area contributed by atoms with Gasteiger partial charge >= 0.3 is 0 Å². The minimum absolute atomic E-state index is 0.185. The summed E-state index contributed by atoms with van der Waals surface area (Å²) in [5.41, 5.74) is 0. The Morgan fingerprint density at radius 3 is 2.54 bits per heavy atom. The smallest absolute Gasteiger partial charge is 0.220 e. The van der Waals surface area contributed by atoms with Crippen LogP contribution in [-0.4, -0.2) is 26.0 Å². The summed E-state index contributed by atoms with van der Waals surface area (Å²) in [5, 5.41) is 5.93. The zero-order valence-electron chi connectivity index (χ0n) is 9.02. The minimum Gasteiger partial charge on any atom is -0.356 e. The van der Waals surface area contributed by atoms with Crippen molar-refractivity contribution >= 4 is 5.91 Å². The first-order chi connectivity index (χ1) is 6.16. The number of rotatable bonds is 7. The van der Waals surface area contributed by atoms with E-state index >= 15 is 0 Å². The number of nitrogens with one attached hydrogen (secondary N) is 2. The lowest BCUT2D eigenvalue weighted by Crippen LogP contribution is -2.26. The van der Waals surface area contributed by atoms with E-state index in [9.17, 15) is 4.79 Å². The molecule has 0 saturated heterocycles. The van der Waals surface area contributed by atoms with E-state index in [2.05, 4.69) is 24.5 Å². The third-order valence-corrected chi connectivity index (χ3v) is 1.87. The molecular weight excluding hydrogens is 164 g/mol. The Balaban J connectivity index is 3.20. The highest BCUT2D eigenvalue weighted by Crippen LogP contribution is 2.02. The van der Waals surface area contributed by atoms with Crippen molar-refractivity contribution in [2.24, 2.45) is 5.92 Å². The van der Waals surface area contributed by atoms with Crippen molar-refractivity contribution in [2.75, 3.05) is 20.1 Å². The maximum atomic E-state index is 11.2. The lowest BCUT2D eigenvalue weighted by atomic mass is 10.1. The van der Waals surface area contributed by atoms with Gasteiger partial charge in [0.15, 0.2) is 0 Å². The van der Waals surface area contributed by atoms with Crippen LogP contribution in [0.15, 0.2) is 0 Å². The Labute approximate surface area is 81.3 Å². The van der Waals surface area contributed by atoms with Gasteiger partial charge in [-0.25, -0.2) is 0 Å². The molecule has 0 aliphatic carbocycles. The molecule has 0 aliphatic rings. The molecule has 0 heterocycles. The number of hydrogen-bond acceptors (Lipinski definition) is 2. The van der Waals surface area contributed by atoms with Crippen LogP contribution in [0, 0.1) is 5.92 Å². The van der Waals surface area contributed by atoms with Gasteiger partial charge in [0.05, 0.1) is 0 Å². The van der Waals surface area contributed by atoms with E-state index < -0.39 is 0 Å². The first-order valence-electron chi connectivity index (χ1n) is 5.08. The summed E-state index contributed by atoms with van der Waals surface area (Å²) < 4.78 is 0. The fourth-order valence-electron chi connectivity index (χ4n) is 1.00. The van der Waals surface area contributed by atoms with E-state index in [1.54, 1.807) is 0 Å². The number of hydrogen-bond donors (Lipinski definition) is 2. The molecule has 3 nitrogen and oxygen atoms in total. The monoisotopic (exact) mass is 186 g/mol. The molecule has 0 rings (SSSR count). The average Bonchev–Trinajstić information content (AvgIpc) is 2.09. The van der Waals surface area contributed by atoms with E-state index in [1.807, 2.05) is 7.05 Å². The van der Waals surface area contributed by atoms with Crippen LogP contribution in [0.2, 0.25) is 0 Å². The quantitative estimate of drug-likeness (QED) is 0.586. The van der Waals surface area contributed by atoms with Crippen molar-refractivity contribution in [1.29, 1.82) is 0 Å². The summed E-state index contributed by atoms with van der Waals surface area (Å²) in [6.07, 6.45) is 2.65. The molecule has 1 amide bonds. The summed E-state index contributed by atoms with van der Waals surface area (Å²) in [4.78, 5) is 11.2. The second-order valence-corrected chi connectivity index (χ2v) is 3.74. The van der Waals surface area contributed by atoms with Crippen LogP contribution in [-0.2, 0) is 4.79 Å². The van der Waals surface area contributed by atoms with E-state index in [0.29, 0.717) is 12.3 Å². The van der Waals surface area contributed by atoms with E-state index in [-0.39, 0.29) is 5.91 Å². The van der Waals surface area contributed by atoms with Crippen LogP contribution in [0.4, 0.5) is 0 Å². The molecule has 2 N–H and O–H groups in total. The van der Waals surface area contributed by atoms with Crippen molar-refractivity contribution in [2.45, 2.75) is 33.1 Å². The summed E-state index contributed by atoms with van der Waals surface area (Å²) >= 11 is 0. The standard InChI is InChI=1S/C10H22N2O/c1-9(2)5-6-10(13)12-8-4-7-11-3/h9,11H,4-8H2,1-3H3,(H,12,13). The molecule has 0 fully saturated rings. The van der Waals surface area contributed by atoms with Crippen LogP contribution in [0.1, 0.15) is 33.1 Å². The van der Waals surface area contributed by atoms with E-state index in [1.165, 1.54) is 0 Å². The molecule has 0 aromatic carbocycles. The second-order valence-electron chi connectivity index (χ2n) is 3.74. The Hall–Kier alpha value is -0.570. The predicted octanol–water partition coefficient (Wildman–Crippen LogP) is 1.15. The van der Waals surface area contributed by atoms with Gasteiger partial charge in [-0.15, -0.1) is 0 Å². The summed E-state index contributed by atoms with van der Waals surface area (Å²) in [6.45, 7) is 6.02. The normalized spacial score (nSPS) is 10.5. The van der Waals surface area contributed by atoms with E-state index in [4.69, 9.17) is 0 Å². The SMILES string of the molecule is CNCCCNC(=O)CCC(C)C. The number of carbonyl (C=O) groups excluding carboxylic acids is 1. The van der Waals surface area contributed by atoms with Crippen molar-refractivity contribution in [1.82, 2.24) is 10.6 Å². The Morgan fingerprint density at radius 2 is 2.00 bits per heavy atom. The van der Waals surface area contributed by atoms with Gasteiger partial charge in [0.2, 0.25) is 5.91 Å². The largest absolute Gasteiger partial charge is 0.356 e. The first kappa shape index (κ1) is 12.4. The molecular formula is C10H22N2O. The van der Waals surface area contributed by atoms with Crippen LogP contribution >= 0.6 is 0 Å². The summed E-state index contributed by atoms with van der Waals surface area (Å²) in [5.74, 6) is 0.799. The average molecular weight is 186 g/mol. The Morgan fingerprint density at radius 1 is 1.31 bits per heavy atom. The van der Waals surface area contributed by atoms with Gasteiger partial charge in [-0.2, -0.15) is 0 Å². The Bertz CT molecular complexity index is 135. The molecule has 0 spiro atoms. The van der Waals surface area contributed by atoms with Crippen molar-refractivity contribution in [3.8, 4) is 0 Å². The molecule has 0 unspecified atom stereocenters. The van der Waals surface area contributed by atoms with Gasteiger partial charge in [-0.05, 0) is 32.4 Å². The lowest BCUT2D eigenvalue weighted by molar-refractivity contribution is -0.121. The predicted molar refractivity (Wildman–Crippen MR) is 55.6 cm³/mol. The zero-order valence-corrected chi connectivity index (χ0v) is 9.02. The van der Waals surface area contributed by atoms with Gasteiger partial charge in [0.1, 0.15) is 0 Å².